The topological polar surface area (TPSA) is 136 Å². The Hall–Kier alpha value is -2.16. The third-order valence-electron chi connectivity index (χ3n) is 5.02. The number of thioether (sulfide) groups is 1. The van der Waals surface area contributed by atoms with Gasteiger partial charge in [0.2, 0.25) is 10.0 Å². The molecule has 1 amide bonds. The second kappa shape index (κ2) is 9.24. The number of hydrogen-bond donors (Lipinski definition) is 2. The van der Waals surface area contributed by atoms with Crippen molar-refractivity contribution in [2.45, 2.75) is 10.4 Å². The first-order valence-electron chi connectivity index (χ1n) is 9.31. The highest BCUT2D eigenvalue weighted by molar-refractivity contribution is 8.14. The highest BCUT2D eigenvalue weighted by Gasteiger charge is 2.52. The van der Waals surface area contributed by atoms with E-state index in [9.17, 15) is 26.2 Å². The first-order valence-corrected chi connectivity index (χ1v) is 13.6. The molecule has 1 fully saturated rings. The predicted octanol–water partition coefficient (Wildman–Crippen LogP) is 2.07. The van der Waals surface area contributed by atoms with Crippen LogP contribution < -0.4 is 4.72 Å². The lowest BCUT2D eigenvalue weighted by molar-refractivity contribution is -0.128. The summed E-state index contributed by atoms with van der Waals surface area (Å²) >= 11 is 7.32. The average Bonchev–Trinajstić information content (AvgIpc) is 3.05. The second-order valence-electron chi connectivity index (χ2n) is 7.28. The maximum Gasteiger partial charge on any atom is 0.359 e. The fourth-order valence-corrected chi connectivity index (χ4v) is 6.37. The molecule has 1 aliphatic heterocycles. The molecular formula is C19H21ClN4O6S3. The van der Waals surface area contributed by atoms with Gasteiger partial charge >= 0.3 is 10.3 Å². The molecule has 1 heterocycles. The van der Waals surface area contributed by atoms with Crippen molar-refractivity contribution in [1.82, 2.24) is 13.9 Å². The van der Waals surface area contributed by atoms with Crippen molar-refractivity contribution in [2.75, 3.05) is 26.9 Å². The number of nitrogens with one attached hydrogen (secondary N) is 1. The van der Waals surface area contributed by atoms with Gasteiger partial charge in [0.15, 0.2) is 10.7 Å². The van der Waals surface area contributed by atoms with Gasteiger partial charge in [-0.3, -0.25) is 9.35 Å². The van der Waals surface area contributed by atoms with Crippen molar-refractivity contribution in [3.8, 4) is 0 Å². The monoisotopic (exact) mass is 532 g/mol. The zero-order valence-corrected chi connectivity index (χ0v) is 21.0. The molecule has 1 saturated heterocycles. The van der Waals surface area contributed by atoms with E-state index in [2.05, 4.69) is 4.99 Å². The number of halogens is 1. The van der Waals surface area contributed by atoms with Crippen molar-refractivity contribution >= 4 is 60.5 Å². The number of amides is 1. The molecule has 1 atom stereocenters. The fourth-order valence-electron chi connectivity index (χ4n) is 3.23. The van der Waals surface area contributed by atoms with Crippen LogP contribution in [0.1, 0.15) is 5.56 Å². The maximum atomic E-state index is 13.2. The van der Waals surface area contributed by atoms with Gasteiger partial charge in [0.25, 0.3) is 5.91 Å². The van der Waals surface area contributed by atoms with Gasteiger partial charge in [0, 0.05) is 26.9 Å². The van der Waals surface area contributed by atoms with Crippen molar-refractivity contribution in [3.63, 3.8) is 0 Å². The van der Waals surface area contributed by atoms with E-state index < -0.39 is 31.8 Å². The SMILES string of the molecule is CN1C(=Nc2ccccc2)SCC1(C(=O)NS(=O)(=O)O)c1ccc(Cl)c(S(=O)(=O)N(C)C)c1. The number of carbonyl (C=O) groups excluding carboxylic acids is 1. The summed E-state index contributed by atoms with van der Waals surface area (Å²) in [6, 6.07) is 12.9. The molecule has 2 aromatic rings. The molecule has 1 unspecified atom stereocenters. The zero-order valence-electron chi connectivity index (χ0n) is 17.8. The Morgan fingerprint density at radius 3 is 2.39 bits per heavy atom. The van der Waals surface area contributed by atoms with Gasteiger partial charge in [0.1, 0.15) is 4.90 Å². The molecule has 10 nitrogen and oxygen atoms in total. The molecule has 1 aliphatic rings. The Kier molecular flexibility index (Phi) is 7.13. The number of carbonyl (C=O) groups is 1. The second-order valence-corrected chi connectivity index (χ2v) is 11.9. The van der Waals surface area contributed by atoms with E-state index in [-0.39, 0.29) is 21.2 Å². The first kappa shape index (κ1) is 25.5. The molecule has 0 aliphatic carbocycles. The molecule has 0 spiro atoms. The summed E-state index contributed by atoms with van der Waals surface area (Å²) < 4.78 is 60.3. The Morgan fingerprint density at radius 2 is 1.82 bits per heavy atom. The minimum atomic E-state index is -4.89. The fraction of sp³-hybridized carbons (Fsp3) is 0.263. The molecular weight excluding hydrogens is 512 g/mol. The van der Waals surface area contributed by atoms with Crippen LogP contribution in [0.3, 0.4) is 0 Å². The molecule has 178 valence electrons. The van der Waals surface area contributed by atoms with Gasteiger partial charge in [-0.1, -0.05) is 47.6 Å². The molecule has 0 saturated carbocycles. The predicted molar refractivity (Wildman–Crippen MR) is 127 cm³/mol. The third kappa shape index (κ3) is 5.03. The van der Waals surface area contributed by atoms with Crippen molar-refractivity contribution in [1.29, 1.82) is 0 Å². The molecule has 0 bridgehead atoms. The average molecular weight is 533 g/mol. The number of rotatable bonds is 6. The summed E-state index contributed by atoms with van der Waals surface area (Å²) in [6.07, 6.45) is 0. The van der Waals surface area contributed by atoms with Crippen molar-refractivity contribution in [3.05, 3.63) is 59.1 Å². The van der Waals surface area contributed by atoms with Crippen LogP contribution in [0.4, 0.5) is 5.69 Å². The highest BCUT2D eigenvalue weighted by atomic mass is 35.5. The Balaban J connectivity index is 2.21. The van der Waals surface area contributed by atoms with E-state index in [0.29, 0.717) is 10.9 Å². The lowest BCUT2D eigenvalue weighted by Crippen LogP contribution is -2.55. The Labute approximate surface area is 201 Å². The normalized spacial score (nSPS) is 20.4. The van der Waals surface area contributed by atoms with Gasteiger partial charge in [-0.2, -0.15) is 8.42 Å². The third-order valence-corrected chi connectivity index (χ3v) is 8.94. The molecule has 14 heteroatoms. The van der Waals surface area contributed by atoms with Gasteiger partial charge in [-0.15, -0.1) is 0 Å². The minimum absolute atomic E-state index is 0.0143. The number of benzene rings is 2. The molecule has 0 radical (unpaired) electrons. The summed E-state index contributed by atoms with van der Waals surface area (Å²) in [6.45, 7) is 0. The van der Waals surface area contributed by atoms with Gasteiger partial charge in [-0.25, -0.2) is 22.4 Å². The van der Waals surface area contributed by atoms with Gasteiger partial charge in [0.05, 0.1) is 10.7 Å². The number of nitrogens with zero attached hydrogens (tertiary/aromatic N) is 3. The summed E-state index contributed by atoms with van der Waals surface area (Å²) in [7, 11) is -4.68. The maximum absolute atomic E-state index is 13.2. The van der Waals surface area contributed by atoms with Crippen LogP contribution >= 0.6 is 23.4 Å². The summed E-state index contributed by atoms with van der Waals surface area (Å²) in [5, 5.41) is 0.322. The number of sulfonamides is 1. The van der Waals surface area contributed by atoms with E-state index >= 15 is 0 Å². The Morgan fingerprint density at radius 1 is 1.18 bits per heavy atom. The van der Waals surface area contributed by atoms with Crippen LogP contribution in [-0.4, -0.2) is 68.6 Å². The smallest absolute Gasteiger partial charge is 0.335 e. The number of amidine groups is 1. The number of para-hydroxylation sites is 1. The van der Waals surface area contributed by atoms with E-state index in [4.69, 9.17) is 11.6 Å². The summed E-state index contributed by atoms with van der Waals surface area (Å²) in [4.78, 5) is 18.9. The standard InChI is InChI=1S/C19H21ClN4O6S3/c1-23(2)32(26,27)16-11-13(9-10-15(16)20)19(17(25)22-33(28,29)30)12-31-18(24(19)3)21-14-7-5-4-6-8-14/h4-11H,12H2,1-3H3,(H,22,25)(H,28,29,30). The molecule has 0 aromatic heterocycles. The van der Waals surface area contributed by atoms with Crippen LogP contribution in [0.15, 0.2) is 58.4 Å². The van der Waals surface area contributed by atoms with Crippen LogP contribution in [0.5, 0.6) is 0 Å². The molecule has 3 rings (SSSR count). The van der Waals surface area contributed by atoms with Crippen LogP contribution in [0, 0.1) is 0 Å². The van der Waals surface area contributed by atoms with E-state index in [1.807, 2.05) is 6.07 Å². The van der Waals surface area contributed by atoms with Gasteiger partial charge < -0.3 is 4.90 Å². The number of aliphatic imine (C=N–C) groups is 1. The number of hydrogen-bond acceptors (Lipinski definition) is 7. The van der Waals surface area contributed by atoms with E-state index in [1.54, 1.807) is 29.0 Å². The zero-order chi connectivity index (χ0) is 24.6. The largest absolute Gasteiger partial charge is 0.359 e. The lowest BCUT2D eigenvalue weighted by atomic mass is 9.90. The highest BCUT2D eigenvalue weighted by Crippen LogP contribution is 2.43. The van der Waals surface area contributed by atoms with Crippen molar-refractivity contribution in [2.24, 2.45) is 4.99 Å². The van der Waals surface area contributed by atoms with Crippen LogP contribution in [0.25, 0.3) is 0 Å². The van der Waals surface area contributed by atoms with Crippen LogP contribution in [0.2, 0.25) is 5.02 Å². The summed E-state index contributed by atoms with van der Waals surface area (Å²) in [5.74, 6) is -1.09. The molecule has 33 heavy (non-hydrogen) atoms. The molecule has 2 aromatic carbocycles. The summed E-state index contributed by atoms with van der Waals surface area (Å²) in [5.41, 5.74) is -0.957. The van der Waals surface area contributed by atoms with Crippen molar-refractivity contribution < 1.29 is 26.2 Å². The quantitative estimate of drug-likeness (QED) is 0.539. The minimum Gasteiger partial charge on any atom is -0.335 e. The van der Waals surface area contributed by atoms with Crippen LogP contribution in [-0.2, 0) is 30.7 Å². The Bertz CT molecular complexity index is 1320. The van der Waals surface area contributed by atoms with Gasteiger partial charge in [-0.05, 0) is 29.8 Å². The van der Waals surface area contributed by atoms with E-state index in [1.165, 1.54) is 56.0 Å². The molecule has 2 N–H and O–H groups in total. The first-order chi connectivity index (χ1) is 15.3. The van der Waals surface area contributed by atoms with E-state index in [0.717, 1.165) is 4.31 Å². The number of likely N-dealkylation sites (N-methyl/N-ethyl adjacent to an activating group) is 1. The lowest BCUT2D eigenvalue weighted by Gasteiger charge is -2.35.